The maximum atomic E-state index is 12.2. The lowest BCUT2D eigenvalue weighted by molar-refractivity contribution is 0.0936. The Hall–Kier alpha value is -1.31. The van der Waals surface area contributed by atoms with Gasteiger partial charge in [-0.05, 0) is 30.7 Å². The molecule has 1 saturated carbocycles. The number of hydrogen-bond donors (Lipinski definition) is 2. The molecule has 3 nitrogen and oxygen atoms in total. The molecule has 0 spiro atoms. The number of carbonyl (C=O) groups is 1. The summed E-state index contributed by atoms with van der Waals surface area (Å²) in [7, 11) is 0. The first-order chi connectivity index (χ1) is 9.50. The number of nitrogens with one attached hydrogen (secondary N) is 1. The second-order valence-corrected chi connectivity index (χ2v) is 6.96. The summed E-state index contributed by atoms with van der Waals surface area (Å²) in [4.78, 5) is 13.0. The molecule has 1 unspecified atom stereocenters. The van der Waals surface area contributed by atoms with E-state index in [-0.39, 0.29) is 12.5 Å². The van der Waals surface area contributed by atoms with Crippen molar-refractivity contribution in [1.82, 2.24) is 5.32 Å². The zero-order chi connectivity index (χ0) is 14.6. The van der Waals surface area contributed by atoms with Crippen molar-refractivity contribution in [3.05, 3.63) is 21.9 Å². The third-order valence-corrected chi connectivity index (χ3v) is 4.46. The van der Waals surface area contributed by atoms with Crippen LogP contribution in [0, 0.1) is 17.3 Å². The van der Waals surface area contributed by atoms with Gasteiger partial charge in [0, 0.05) is 17.8 Å². The number of aliphatic hydroxyl groups is 1. The van der Waals surface area contributed by atoms with Gasteiger partial charge in [-0.15, -0.1) is 11.3 Å². The van der Waals surface area contributed by atoms with Crippen molar-refractivity contribution in [2.75, 3.05) is 6.61 Å². The monoisotopic (exact) mass is 291 g/mol. The molecule has 1 aliphatic rings. The van der Waals surface area contributed by atoms with E-state index < -0.39 is 0 Å². The highest BCUT2D eigenvalue weighted by Gasteiger charge is 2.31. The molecule has 0 saturated heterocycles. The minimum absolute atomic E-state index is 0.000779. The third-order valence-electron chi connectivity index (χ3n) is 3.61. The Balaban J connectivity index is 1.92. The van der Waals surface area contributed by atoms with E-state index in [0.29, 0.717) is 23.4 Å². The minimum Gasteiger partial charge on any atom is -0.395 e. The maximum Gasteiger partial charge on any atom is 0.252 e. The fourth-order valence-corrected chi connectivity index (χ4v) is 3.31. The molecule has 0 aromatic carbocycles. The van der Waals surface area contributed by atoms with Gasteiger partial charge in [-0.25, -0.2) is 0 Å². The summed E-state index contributed by atoms with van der Waals surface area (Å²) in [5.74, 6) is 5.82. The normalized spacial score (nSPS) is 20.2. The molecule has 0 radical (unpaired) electrons. The Morgan fingerprint density at radius 1 is 1.60 bits per heavy atom. The van der Waals surface area contributed by atoms with E-state index in [9.17, 15) is 4.79 Å². The number of amides is 1. The summed E-state index contributed by atoms with van der Waals surface area (Å²) >= 11 is 1.47. The van der Waals surface area contributed by atoms with Crippen LogP contribution in [0.3, 0.4) is 0 Å². The lowest BCUT2D eigenvalue weighted by Crippen LogP contribution is -2.33. The highest BCUT2D eigenvalue weighted by Crippen LogP contribution is 2.37. The lowest BCUT2D eigenvalue weighted by atomic mass is 9.92. The molecule has 1 atom stereocenters. The summed E-state index contributed by atoms with van der Waals surface area (Å²) in [5, 5.41) is 13.6. The summed E-state index contributed by atoms with van der Waals surface area (Å²) in [5.41, 5.74) is 1.03. The van der Waals surface area contributed by atoms with Crippen LogP contribution in [0.15, 0.2) is 11.4 Å². The number of aliphatic hydroxyl groups excluding tert-OH is 1. The standard InChI is InChI=1S/C16H21NO2S/c1-16(2)7-6-13(10-16)17-15(19)12-9-14(20-11-12)5-3-4-8-18/h9,11,13,18H,4,6-8,10H2,1-2H3,(H,17,19). The Morgan fingerprint density at radius 2 is 2.40 bits per heavy atom. The summed E-state index contributed by atoms with van der Waals surface area (Å²) in [6.45, 7) is 4.57. The second kappa shape index (κ2) is 6.43. The smallest absolute Gasteiger partial charge is 0.252 e. The van der Waals surface area contributed by atoms with Crippen molar-refractivity contribution in [1.29, 1.82) is 0 Å². The molecule has 2 rings (SSSR count). The summed E-state index contributed by atoms with van der Waals surface area (Å²) < 4.78 is 0. The van der Waals surface area contributed by atoms with Crippen LogP contribution in [-0.4, -0.2) is 23.7 Å². The Morgan fingerprint density at radius 3 is 3.05 bits per heavy atom. The molecule has 1 heterocycles. The number of carbonyl (C=O) groups excluding carboxylic acids is 1. The molecule has 1 aromatic rings. The molecule has 0 bridgehead atoms. The Kier molecular flexibility index (Phi) is 4.85. The third kappa shape index (κ3) is 4.09. The average Bonchev–Trinajstić information content (AvgIpc) is 2.97. The van der Waals surface area contributed by atoms with E-state index >= 15 is 0 Å². The van der Waals surface area contributed by atoms with Crippen molar-refractivity contribution in [3.63, 3.8) is 0 Å². The number of hydrogen-bond acceptors (Lipinski definition) is 3. The molecule has 1 fully saturated rings. The molecule has 0 aliphatic heterocycles. The SMILES string of the molecule is CC1(C)CCC(NC(=O)c2csc(C#CCCO)c2)C1. The largest absolute Gasteiger partial charge is 0.395 e. The molecule has 20 heavy (non-hydrogen) atoms. The van der Waals surface area contributed by atoms with E-state index in [1.165, 1.54) is 17.8 Å². The van der Waals surface area contributed by atoms with Crippen molar-refractivity contribution in [2.45, 2.75) is 45.6 Å². The summed E-state index contributed by atoms with van der Waals surface area (Å²) in [6.07, 6.45) is 3.74. The van der Waals surface area contributed by atoms with E-state index in [1.807, 2.05) is 11.4 Å². The van der Waals surface area contributed by atoms with E-state index in [4.69, 9.17) is 5.11 Å². The van der Waals surface area contributed by atoms with Gasteiger partial charge in [-0.3, -0.25) is 4.79 Å². The van der Waals surface area contributed by atoms with Gasteiger partial charge in [0.1, 0.15) is 0 Å². The van der Waals surface area contributed by atoms with Crippen LogP contribution in [0.25, 0.3) is 0 Å². The lowest BCUT2D eigenvalue weighted by Gasteiger charge is -2.17. The first-order valence-corrected chi connectivity index (χ1v) is 7.87. The number of thiophene rings is 1. The van der Waals surface area contributed by atoms with Crippen LogP contribution in [0.4, 0.5) is 0 Å². The van der Waals surface area contributed by atoms with Crippen LogP contribution < -0.4 is 5.32 Å². The van der Waals surface area contributed by atoms with Crippen LogP contribution in [-0.2, 0) is 0 Å². The predicted octanol–water partition coefficient (Wildman–Crippen LogP) is 2.79. The first-order valence-electron chi connectivity index (χ1n) is 6.99. The molecule has 4 heteroatoms. The average molecular weight is 291 g/mol. The van der Waals surface area contributed by atoms with Crippen LogP contribution in [0.2, 0.25) is 0 Å². The van der Waals surface area contributed by atoms with Gasteiger partial charge in [0.05, 0.1) is 17.0 Å². The quantitative estimate of drug-likeness (QED) is 0.841. The van der Waals surface area contributed by atoms with Gasteiger partial charge in [0.2, 0.25) is 0 Å². The van der Waals surface area contributed by atoms with Crippen molar-refractivity contribution in [3.8, 4) is 11.8 Å². The topological polar surface area (TPSA) is 49.3 Å². The van der Waals surface area contributed by atoms with E-state index in [0.717, 1.165) is 17.7 Å². The fraction of sp³-hybridized carbons (Fsp3) is 0.562. The molecular formula is C16H21NO2S. The van der Waals surface area contributed by atoms with E-state index in [1.54, 1.807) is 0 Å². The van der Waals surface area contributed by atoms with Gasteiger partial charge < -0.3 is 10.4 Å². The predicted molar refractivity (Wildman–Crippen MR) is 81.8 cm³/mol. The highest BCUT2D eigenvalue weighted by atomic mass is 32.1. The van der Waals surface area contributed by atoms with Crippen molar-refractivity contribution in [2.24, 2.45) is 5.41 Å². The van der Waals surface area contributed by atoms with Crippen LogP contribution in [0.5, 0.6) is 0 Å². The van der Waals surface area contributed by atoms with E-state index in [2.05, 4.69) is 31.0 Å². The minimum atomic E-state index is -0.000779. The van der Waals surface area contributed by atoms with Gasteiger partial charge in [0.25, 0.3) is 5.91 Å². The molecule has 1 aliphatic carbocycles. The van der Waals surface area contributed by atoms with Crippen LogP contribution in [0.1, 0.15) is 54.8 Å². The zero-order valence-corrected chi connectivity index (χ0v) is 12.8. The number of rotatable bonds is 3. The fourth-order valence-electron chi connectivity index (χ4n) is 2.55. The first kappa shape index (κ1) is 15.1. The highest BCUT2D eigenvalue weighted by molar-refractivity contribution is 7.10. The summed E-state index contributed by atoms with van der Waals surface area (Å²) in [6, 6.07) is 2.12. The molecular weight excluding hydrogens is 270 g/mol. The zero-order valence-electron chi connectivity index (χ0n) is 12.0. The van der Waals surface area contributed by atoms with Crippen LogP contribution >= 0.6 is 11.3 Å². The molecule has 1 aromatic heterocycles. The Bertz CT molecular complexity index is 536. The van der Waals surface area contributed by atoms with Crippen molar-refractivity contribution >= 4 is 17.2 Å². The Labute approximate surface area is 124 Å². The van der Waals surface area contributed by atoms with Gasteiger partial charge >= 0.3 is 0 Å². The van der Waals surface area contributed by atoms with Gasteiger partial charge in [-0.2, -0.15) is 0 Å². The molecule has 2 N–H and O–H groups in total. The molecule has 1 amide bonds. The van der Waals surface area contributed by atoms with Crippen molar-refractivity contribution < 1.29 is 9.90 Å². The molecule has 108 valence electrons. The second-order valence-electron chi connectivity index (χ2n) is 6.05. The maximum absolute atomic E-state index is 12.2. The van der Waals surface area contributed by atoms with Gasteiger partial charge in [-0.1, -0.05) is 25.7 Å². The van der Waals surface area contributed by atoms with Gasteiger partial charge in [0.15, 0.2) is 0 Å².